The van der Waals surface area contributed by atoms with Crippen LogP contribution in [0.5, 0.6) is 5.75 Å². The number of nitrogens with zero attached hydrogens (tertiary/aromatic N) is 1. The number of benzene rings is 1. The van der Waals surface area contributed by atoms with Gasteiger partial charge in [-0.3, -0.25) is 4.79 Å². The Balaban J connectivity index is 3.09. The first-order valence-electron chi connectivity index (χ1n) is 7.43. The molecule has 3 N–H and O–H groups in total. The molecule has 1 amide bonds. The van der Waals surface area contributed by atoms with Crippen LogP contribution in [0.3, 0.4) is 0 Å². The Morgan fingerprint density at radius 2 is 2.04 bits per heavy atom. The fourth-order valence-electron chi connectivity index (χ4n) is 1.83. The molecule has 0 saturated carbocycles. The van der Waals surface area contributed by atoms with Crippen LogP contribution in [-0.4, -0.2) is 45.4 Å². The van der Waals surface area contributed by atoms with Gasteiger partial charge in [0.1, 0.15) is 5.75 Å². The van der Waals surface area contributed by atoms with Crippen molar-refractivity contribution in [2.45, 2.75) is 37.6 Å². The van der Waals surface area contributed by atoms with Gasteiger partial charge in [0, 0.05) is 26.6 Å². The van der Waals surface area contributed by atoms with Gasteiger partial charge in [-0.1, -0.05) is 0 Å². The number of carbonyl (C=O) groups excluding carboxylic acids is 1. The minimum Gasteiger partial charge on any atom is -0.492 e. The fourth-order valence-corrected chi connectivity index (χ4v) is 2.76. The summed E-state index contributed by atoms with van der Waals surface area (Å²) in [7, 11) is -0.684. The number of sulfonamides is 1. The molecule has 23 heavy (non-hydrogen) atoms. The van der Waals surface area contributed by atoms with Gasteiger partial charge in [-0.15, -0.1) is 0 Å². The van der Waals surface area contributed by atoms with Crippen LogP contribution in [0.1, 0.15) is 26.7 Å². The lowest BCUT2D eigenvalue weighted by atomic mass is 10.2. The first-order chi connectivity index (χ1) is 10.7. The van der Waals surface area contributed by atoms with E-state index in [9.17, 15) is 13.2 Å². The smallest absolute Gasteiger partial charge is 0.242 e. The van der Waals surface area contributed by atoms with Crippen molar-refractivity contribution < 1.29 is 17.9 Å². The average Bonchev–Trinajstić information content (AvgIpc) is 2.46. The van der Waals surface area contributed by atoms with E-state index in [4.69, 9.17) is 10.5 Å². The number of nitrogens with one attached hydrogen (secondary N) is 1. The predicted molar refractivity (Wildman–Crippen MR) is 90.0 cm³/mol. The maximum Gasteiger partial charge on any atom is 0.242 e. The zero-order valence-corrected chi connectivity index (χ0v) is 14.8. The van der Waals surface area contributed by atoms with Crippen LogP contribution < -0.4 is 15.8 Å². The highest BCUT2D eigenvalue weighted by atomic mass is 32.2. The number of carbonyl (C=O) groups is 1. The number of ether oxygens (including phenoxy) is 1. The lowest BCUT2D eigenvalue weighted by molar-refractivity contribution is -0.116. The first kappa shape index (κ1) is 19.4. The SMILES string of the molecule is CCOc1ccc(S(=O)(=O)N(C)C)cc1NC(=O)CCC(C)N. The third kappa shape index (κ3) is 5.49. The Kier molecular flexibility index (Phi) is 6.99. The Bertz CT molecular complexity index is 642. The summed E-state index contributed by atoms with van der Waals surface area (Å²) in [6, 6.07) is 4.33. The molecule has 8 heteroatoms. The lowest BCUT2D eigenvalue weighted by Crippen LogP contribution is -2.23. The molecule has 0 aliphatic heterocycles. The monoisotopic (exact) mass is 343 g/mol. The molecule has 0 fully saturated rings. The molecule has 0 aliphatic carbocycles. The highest BCUT2D eigenvalue weighted by Crippen LogP contribution is 2.29. The summed E-state index contributed by atoms with van der Waals surface area (Å²) in [6.45, 7) is 4.04. The maximum atomic E-state index is 12.2. The second-order valence-corrected chi connectivity index (χ2v) is 7.59. The third-order valence-corrected chi connectivity index (χ3v) is 4.94. The minimum atomic E-state index is -3.59. The largest absolute Gasteiger partial charge is 0.492 e. The number of anilines is 1. The van der Waals surface area contributed by atoms with Crippen molar-refractivity contribution in [3.8, 4) is 5.75 Å². The molecule has 1 atom stereocenters. The number of rotatable bonds is 8. The molecule has 1 aromatic rings. The summed E-state index contributed by atoms with van der Waals surface area (Å²) in [5, 5.41) is 2.70. The predicted octanol–water partition coefficient (Wildman–Crippen LogP) is 1.40. The van der Waals surface area contributed by atoms with Crippen molar-refractivity contribution in [1.29, 1.82) is 0 Å². The van der Waals surface area contributed by atoms with Crippen LogP contribution in [0, 0.1) is 0 Å². The van der Waals surface area contributed by atoms with Crippen molar-refractivity contribution in [1.82, 2.24) is 4.31 Å². The Morgan fingerprint density at radius 3 is 2.57 bits per heavy atom. The van der Waals surface area contributed by atoms with Crippen LogP contribution in [0.15, 0.2) is 23.1 Å². The number of amides is 1. The second-order valence-electron chi connectivity index (χ2n) is 5.44. The van der Waals surface area contributed by atoms with E-state index in [-0.39, 0.29) is 23.3 Å². The standard InChI is InChI=1S/C15H25N3O4S/c1-5-22-14-8-7-12(23(20,21)18(3)4)10-13(14)17-15(19)9-6-11(2)16/h7-8,10-11H,5-6,9,16H2,1-4H3,(H,17,19). The van der Waals surface area contributed by atoms with E-state index >= 15 is 0 Å². The molecule has 0 heterocycles. The van der Waals surface area contributed by atoms with Crippen molar-refractivity contribution in [2.24, 2.45) is 5.73 Å². The first-order valence-corrected chi connectivity index (χ1v) is 8.87. The van der Waals surface area contributed by atoms with Crippen molar-refractivity contribution in [2.75, 3.05) is 26.0 Å². The normalized spacial score (nSPS) is 13.0. The third-order valence-electron chi connectivity index (χ3n) is 3.13. The van der Waals surface area contributed by atoms with Gasteiger partial charge in [-0.2, -0.15) is 0 Å². The van der Waals surface area contributed by atoms with E-state index < -0.39 is 10.0 Å². The van der Waals surface area contributed by atoms with Crippen LogP contribution >= 0.6 is 0 Å². The summed E-state index contributed by atoms with van der Waals surface area (Å²) < 4.78 is 31.0. The molecule has 0 aliphatic rings. The molecule has 130 valence electrons. The van der Waals surface area contributed by atoms with Crippen LogP contribution in [0.4, 0.5) is 5.69 Å². The quantitative estimate of drug-likeness (QED) is 0.743. The Hall–Kier alpha value is -1.64. The molecule has 1 unspecified atom stereocenters. The van der Waals surface area contributed by atoms with Crippen LogP contribution in [-0.2, 0) is 14.8 Å². The van der Waals surface area contributed by atoms with Gasteiger partial charge in [0.05, 0.1) is 17.2 Å². The van der Waals surface area contributed by atoms with Crippen LogP contribution in [0.25, 0.3) is 0 Å². The summed E-state index contributed by atoms with van der Waals surface area (Å²) >= 11 is 0. The van der Waals surface area contributed by atoms with E-state index in [1.54, 1.807) is 6.07 Å². The molecule has 0 radical (unpaired) electrons. The number of hydrogen-bond donors (Lipinski definition) is 2. The van der Waals surface area contributed by atoms with Gasteiger partial charge >= 0.3 is 0 Å². The molecule has 0 saturated heterocycles. The summed E-state index contributed by atoms with van der Waals surface area (Å²) in [5.41, 5.74) is 5.97. The number of hydrogen-bond acceptors (Lipinski definition) is 5. The molecule has 7 nitrogen and oxygen atoms in total. The van der Waals surface area contributed by atoms with Gasteiger partial charge in [0.15, 0.2) is 0 Å². The summed E-state index contributed by atoms with van der Waals surface area (Å²) in [6.07, 6.45) is 0.805. The second kappa shape index (κ2) is 8.28. The topological polar surface area (TPSA) is 102 Å². The van der Waals surface area contributed by atoms with Crippen molar-refractivity contribution >= 4 is 21.6 Å². The zero-order valence-electron chi connectivity index (χ0n) is 14.0. The van der Waals surface area contributed by atoms with Gasteiger partial charge in [0.25, 0.3) is 0 Å². The van der Waals surface area contributed by atoms with Crippen molar-refractivity contribution in [3.63, 3.8) is 0 Å². The molecule has 1 aromatic carbocycles. The van der Waals surface area contributed by atoms with Gasteiger partial charge in [0.2, 0.25) is 15.9 Å². The van der Waals surface area contributed by atoms with E-state index in [1.807, 2.05) is 13.8 Å². The molecule has 0 aromatic heterocycles. The van der Waals surface area contributed by atoms with E-state index in [2.05, 4.69) is 5.32 Å². The zero-order chi connectivity index (χ0) is 17.6. The Morgan fingerprint density at radius 1 is 1.39 bits per heavy atom. The molecule has 1 rings (SSSR count). The van der Waals surface area contributed by atoms with E-state index in [0.717, 1.165) is 4.31 Å². The maximum absolute atomic E-state index is 12.2. The molecule has 0 bridgehead atoms. The highest BCUT2D eigenvalue weighted by molar-refractivity contribution is 7.89. The molecular formula is C15H25N3O4S. The number of nitrogens with two attached hydrogens (primary N) is 1. The molecule has 0 spiro atoms. The highest BCUT2D eigenvalue weighted by Gasteiger charge is 2.20. The molecular weight excluding hydrogens is 318 g/mol. The summed E-state index contributed by atoms with van der Waals surface area (Å²) in [5.74, 6) is 0.196. The average molecular weight is 343 g/mol. The van der Waals surface area contributed by atoms with Crippen molar-refractivity contribution in [3.05, 3.63) is 18.2 Å². The van der Waals surface area contributed by atoms with Gasteiger partial charge in [-0.25, -0.2) is 12.7 Å². The van der Waals surface area contributed by atoms with E-state index in [0.29, 0.717) is 24.5 Å². The summed E-state index contributed by atoms with van der Waals surface area (Å²) in [4.78, 5) is 12.1. The van der Waals surface area contributed by atoms with Gasteiger partial charge in [-0.05, 0) is 38.5 Å². The van der Waals surface area contributed by atoms with E-state index in [1.165, 1.54) is 26.2 Å². The minimum absolute atomic E-state index is 0.0763. The van der Waals surface area contributed by atoms with Gasteiger partial charge < -0.3 is 15.8 Å². The fraction of sp³-hybridized carbons (Fsp3) is 0.533. The van der Waals surface area contributed by atoms with Crippen LogP contribution in [0.2, 0.25) is 0 Å². The Labute approximate surface area is 137 Å². The lowest BCUT2D eigenvalue weighted by Gasteiger charge is -2.16.